The van der Waals surface area contributed by atoms with Gasteiger partial charge in [0, 0.05) is 5.02 Å². The van der Waals surface area contributed by atoms with E-state index in [-0.39, 0.29) is 12.6 Å². The molecule has 0 aromatic heterocycles. The molecule has 1 aliphatic rings. The second-order valence-electron chi connectivity index (χ2n) is 4.57. The van der Waals surface area contributed by atoms with E-state index in [1.165, 1.54) is 16.7 Å². The first-order valence-electron chi connectivity index (χ1n) is 5.55. The molecule has 1 N–H and O–H groups in total. The van der Waals surface area contributed by atoms with Crippen LogP contribution in [0.4, 0.5) is 5.69 Å². The molecule has 0 aliphatic carbocycles. The van der Waals surface area contributed by atoms with E-state index >= 15 is 0 Å². The summed E-state index contributed by atoms with van der Waals surface area (Å²) in [5.74, 6) is -0.00634. The predicted molar refractivity (Wildman–Crippen MR) is 86.1 cm³/mol. The Labute approximate surface area is 131 Å². The summed E-state index contributed by atoms with van der Waals surface area (Å²) in [5.41, 5.74) is 0.680. The SMILES string of the molecule is CC1(C)SC(=S)N(CNc2cc(Cl)ccc2Cl)C1=O. The van der Waals surface area contributed by atoms with Crippen LogP contribution in [0.2, 0.25) is 10.0 Å². The molecule has 0 radical (unpaired) electrons. The Hall–Kier alpha value is -0.490. The third kappa shape index (κ3) is 3.16. The first-order chi connectivity index (χ1) is 8.81. The van der Waals surface area contributed by atoms with Gasteiger partial charge in [0.2, 0.25) is 5.91 Å². The van der Waals surface area contributed by atoms with Gasteiger partial charge in [0.25, 0.3) is 0 Å². The number of rotatable bonds is 3. The average molecular weight is 335 g/mol. The lowest BCUT2D eigenvalue weighted by Gasteiger charge is -2.19. The molecule has 7 heteroatoms. The standard InChI is InChI=1S/C12H12Cl2N2OS2/c1-12(2)10(17)16(11(18)19-12)6-15-9-5-7(13)3-4-8(9)14/h3-5,15H,6H2,1-2H3. The van der Waals surface area contributed by atoms with E-state index in [1.807, 2.05) is 13.8 Å². The monoisotopic (exact) mass is 334 g/mol. The normalized spacial score (nSPS) is 18.0. The van der Waals surface area contributed by atoms with Crippen LogP contribution in [-0.4, -0.2) is 26.5 Å². The number of amides is 1. The van der Waals surface area contributed by atoms with E-state index in [0.29, 0.717) is 20.1 Å². The van der Waals surface area contributed by atoms with Gasteiger partial charge in [0.05, 0.1) is 22.1 Å². The molecule has 2 rings (SSSR count). The molecule has 0 bridgehead atoms. The van der Waals surface area contributed by atoms with Gasteiger partial charge in [-0.05, 0) is 32.0 Å². The molecule has 1 fully saturated rings. The molecular formula is C12H12Cl2N2OS2. The van der Waals surface area contributed by atoms with Crippen molar-refractivity contribution in [2.24, 2.45) is 0 Å². The second kappa shape index (κ2) is 5.48. The summed E-state index contributed by atoms with van der Waals surface area (Å²) >= 11 is 18.6. The van der Waals surface area contributed by atoms with Gasteiger partial charge in [0.15, 0.2) is 0 Å². The zero-order valence-electron chi connectivity index (χ0n) is 10.4. The second-order valence-corrected chi connectivity index (χ2v) is 7.67. The van der Waals surface area contributed by atoms with Crippen LogP contribution in [0.15, 0.2) is 18.2 Å². The summed E-state index contributed by atoms with van der Waals surface area (Å²) in [5, 5.41) is 4.21. The maximum Gasteiger partial charge on any atom is 0.245 e. The van der Waals surface area contributed by atoms with Gasteiger partial charge >= 0.3 is 0 Å². The minimum Gasteiger partial charge on any atom is -0.366 e. The van der Waals surface area contributed by atoms with Crippen LogP contribution in [0.5, 0.6) is 0 Å². The van der Waals surface area contributed by atoms with Crippen molar-refractivity contribution in [3.05, 3.63) is 28.2 Å². The van der Waals surface area contributed by atoms with E-state index in [9.17, 15) is 4.79 Å². The van der Waals surface area contributed by atoms with E-state index < -0.39 is 4.75 Å². The highest BCUT2D eigenvalue weighted by molar-refractivity contribution is 8.24. The fourth-order valence-corrected chi connectivity index (χ4v) is 3.68. The van der Waals surface area contributed by atoms with Crippen LogP contribution in [0.25, 0.3) is 0 Å². The number of halogens is 2. The predicted octanol–water partition coefficient (Wildman–Crippen LogP) is 4.00. The highest BCUT2D eigenvalue weighted by atomic mass is 35.5. The van der Waals surface area contributed by atoms with Crippen LogP contribution < -0.4 is 5.32 Å². The fraction of sp³-hybridized carbons (Fsp3) is 0.333. The number of hydrogen-bond donors (Lipinski definition) is 1. The molecule has 0 spiro atoms. The minimum absolute atomic E-state index is 0.00634. The summed E-state index contributed by atoms with van der Waals surface area (Å²) in [4.78, 5) is 13.7. The summed E-state index contributed by atoms with van der Waals surface area (Å²) in [6, 6.07) is 5.13. The maximum atomic E-state index is 12.1. The van der Waals surface area contributed by atoms with E-state index in [4.69, 9.17) is 35.4 Å². The molecule has 0 unspecified atom stereocenters. The number of anilines is 1. The molecule has 1 saturated heterocycles. The summed E-state index contributed by atoms with van der Waals surface area (Å²) in [7, 11) is 0. The average Bonchev–Trinajstić information content (AvgIpc) is 2.51. The smallest absolute Gasteiger partial charge is 0.245 e. The zero-order valence-corrected chi connectivity index (χ0v) is 13.5. The van der Waals surface area contributed by atoms with Gasteiger partial charge in [0.1, 0.15) is 4.32 Å². The van der Waals surface area contributed by atoms with Crippen molar-refractivity contribution >= 4 is 63.1 Å². The molecule has 102 valence electrons. The number of benzene rings is 1. The molecule has 1 aliphatic heterocycles. The Morgan fingerprint density at radius 3 is 2.68 bits per heavy atom. The molecule has 1 heterocycles. The van der Waals surface area contributed by atoms with Crippen molar-refractivity contribution in [2.75, 3.05) is 12.0 Å². The Bertz CT molecular complexity index is 549. The third-order valence-corrected chi connectivity index (χ3v) is 4.79. The maximum absolute atomic E-state index is 12.1. The number of nitrogens with one attached hydrogen (secondary N) is 1. The van der Waals surface area contributed by atoms with Gasteiger partial charge in [-0.2, -0.15) is 0 Å². The quantitative estimate of drug-likeness (QED) is 0.846. The largest absolute Gasteiger partial charge is 0.366 e. The number of thiocarbonyl (C=S) groups is 1. The molecule has 0 atom stereocenters. The van der Waals surface area contributed by atoms with Crippen molar-refractivity contribution in [1.29, 1.82) is 0 Å². The van der Waals surface area contributed by atoms with Gasteiger partial charge < -0.3 is 5.32 Å². The minimum atomic E-state index is -0.503. The summed E-state index contributed by atoms with van der Waals surface area (Å²) in [6.45, 7) is 4.01. The highest BCUT2D eigenvalue weighted by Gasteiger charge is 2.43. The summed E-state index contributed by atoms with van der Waals surface area (Å²) < 4.78 is 0.0670. The number of hydrogen-bond acceptors (Lipinski definition) is 4. The van der Waals surface area contributed by atoms with Crippen LogP contribution in [0.1, 0.15) is 13.8 Å². The molecule has 1 amide bonds. The Morgan fingerprint density at radius 1 is 1.42 bits per heavy atom. The zero-order chi connectivity index (χ0) is 14.2. The topological polar surface area (TPSA) is 32.3 Å². The molecule has 1 aromatic rings. The number of carbonyl (C=O) groups excluding carboxylic acids is 1. The number of nitrogens with zero attached hydrogens (tertiary/aromatic N) is 1. The van der Waals surface area contributed by atoms with Crippen LogP contribution in [0.3, 0.4) is 0 Å². The van der Waals surface area contributed by atoms with Crippen molar-refractivity contribution in [1.82, 2.24) is 4.90 Å². The van der Waals surface area contributed by atoms with Gasteiger partial charge in [-0.15, -0.1) is 0 Å². The van der Waals surface area contributed by atoms with E-state index in [2.05, 4.69) is 5.32 Å². The Kier molecular flexibility index (Phi) is 4.30. The van der Waals surface area contributed by atoms with Gasteiger partial charge in [-0.25, -0.2) is 0 Å². The van der Waals surface area contributed by atoms with Gasteiger partial charge in [-0.3, -0.25) is 9.69 Å². The molecule has 1 aromatic carbocycles. The van der Waals surface area contributed by atoms with E-state index in [1.54, 1.807) is 18.2 Å². The number of thioether (sulfide) groups is 1. The lowest BCUT2D eigenvalue weighted by atomic mass is 10.2. The first kappa shape index (κ1) is 14.9. The molecule has 19 heavy (non-hydrogen) atoms. The molecule has 3 nitrogen and oxygen atoms in total. The highest BCUT2D eigenvalue weighted by Crippen LogP contribution is 2.37. The first-order valence-corrected chi connectivity index (χ1v) is 7.53. The third-order valence-electron chi connectivity index (χ3n) is 2.68. The van der Waals surface area contributed by atoms with E-state index in [0.717, 1.165) is 0 Å². The molecular weight excluding hydrogens is 323 g/mol. The van der Waals surface area contributed by atoms with Crippen molar-refractivity contribution in [2.45, 2.75) is 18.6 Å². The summed E-state index contributed by atoms with van der Waals surface area (Å²) in [6.07, 6.45) is 0. The fourth-order valence-electron chi connectivity index (χ4n) is 1.66. The number of carbonyl (C=O) groups is 1. The van der Waals surface area contributed by atoms with Crippen molar-refractivity contribution in [3.63, 3.8) is 0 Å². The Balaban J connectivity index is 2.09. The van der Waals surface area contributed by atoms with Crippen LogP contribution in [-0.2, 0) is 4.79 Å². The van der Waals surface area contributed by atoms with Crippen LogP contribution in [0, 0.1) is 0 Å². The lowest BCUT2D eigenvalue weighted by Crippen LogP contribution is -2.38. The van der Waals surface area contributed by atoms with Crippen LogP contribution >= 0.6 is 47.2 Å². The molecule has 0 saturated carbocycles. The van der Waals surface area contributed by atoms with Gasteiger partial charge in [-0.1, -0.05) is 47.2 Å². The van der Waals surface area contributed by atoms with Crippen molar-refractivity contribution in [3.8, 4) is 0 Å². The lowest BCUT2D eigenvalue weighted by molar-refractivity contribution is -0.128. The van der Waals surface area contributed by atoms with Crippen molar-refractivity contribution < 1.29 is 4.79 Å². The Morgan fingerprint density at radius 2 is 2.11 bits per heavy atom.